The van der Waals surface area contributed by atoms with Crippen molar-refractivity contribution < 1.29 is 4.79 Å². The third kappa shape index (κ3) is 2.22. The molecule has 1 aromatic heterocycles. The molecule has 1 aliphatic heterocycles. The second-order valence-electron chi connectivity index (χ2n) is 9.27. The van der Waals surface area contributed by atoms with Gasteiger partial charge < -0.3 is 4.90 Å². The maximum absolute atomic E-state index is 14.0. The number of aromatic nitrogens is 2. The molecule has 2 aliphatic carbocycles. The van der Waals surface area contributed by atoms with Crippen LogP contribution in [0.3, 0.4) is 0 Å². The normalized spacial score (nSPS) is 30.7. The van der Waals surface area contributed by atoms with Crippen LogP contribution in [0.1, 0.15) is 70.2 Å². The highest BCUT2D eigenvalue weighted by atomic mass is 35.5. The van der Waals surface area contributed by atoms with E-state index in [1.165, 1.54) is 6.42 Å². The van der Waals surface area contributed by atoms with E-state index < -0.39 is 5.41 Å². The third-order valence-corrected chi connectivity index (χ3v) is 8.40. The smallest absolute Gasteiger partial charge is 0.235 e. The fraction of sp³-hybridized carbons (Fsp3) is 0.591. The molecule has 5 rings (SSSR count). The van der Waals surface area contributed by atoms with Crippen molar-refractivity contribution in [3.05, 3.63) is 33.6 Å². The second-order valence-corrected chi connectivity index (χ2v) is 10.1. The summed E-state index contributed by atoms with van der Waals surface area (Å²) in [4.78, 5) is 26.1. The van der Waals surface area contributed by atoms with Gasteiger partial charge >= 0.3 is 0 Å². The summed E-state index contributed by atoms with van der Waals surface area (Å²) in [7, 11) is 0. The SMILES string of the molecule is CC1CCCCN1C(=O)C12CCC(c3nc4cc(Cl)c(Cl)cc4nc31)C2(C)C. The second kappa shape index (κ2) is 6.06. The molecule has 2 heterocycles. The molecule has 0 N–H and O–H groups in total. The number of likely N-dealkylation sites (tertiary alicyclic amines) is 1. The van der Waals surface area contributed by atoms with Crippen LogP contribution in [0.2, 0.25) is 10.0 Å². The average molecular weight is 418 g/mol. The molecule has 1 aromatic carbocycles. The van der Waals surface area contributed by atoms with Crippen LogP contribution in [0.15, 0.2) is 12.1 Å². The quantitative estimate of drug-likeness (QED) is 0.615. The number of amides is 1. The van der Waals surface area contributed by atoms with E-state index in [1.54, 1.807) is 12.1 Å². The zero-order valence-electron chi connectivity index (χ0n) is 16.6. The van der Waals surface area contributed by atoms with E-state index in [1.807, 2.05) is 0 Å². The van der Waals surface area contributed by atoms with Crippen LogP contribution >= 0.6 is 23.2 Å². The van der Waals surface area contributed by atoms with E-state index in [9.17, 15) is 4.79 Å². The van der Waals surface area contributed by atoms with Crippen LogP contribution in [0.25, 0.3) is 11.0 Å². The molecule has 1 saturated heterocycles. The van der Waals surface area contributed by atoms with Crippen LogP contribution in [0, 0.1) is 5.41 Å². The average Bonchev–Trinajstić information content (AvgIpc) is 3.02. The van der Waals surface area contributed by atoms with Crippen molar-refractivity contribution in [2.75, 3.05) is 6.54 Å². The number of halogens is 2. The molecule has 1 saturated carbocycles. The molecule has 2 bridgehead atoms. The van der Waals surface area contributed by atoms with E-state index in [-0.39, 0.29) is 23.3 Å². The number of hydrogen-bond donors (Lipinski definition) is 0. The minimum Gasteiger partial charge on any atom is -0.339 e. The zero-order valence-corrected chi connectivity index (χ0v) is 18.1. The van der Waals surface area contributed by atoms with Gasteiger partial charge in [0.2, 0.25) is 5.91 Å². The lowest BCUT2D eigenvalue weighted by Gasteiger charge is -2.44. The Bertz CT molecular complexity index is 1000. The predicted octanol–water partition coefficient (Wildman–Crippen LogP) is 5.49. The fourth-order valence-electron chi connectivity index (χ4n) is 5.99. The number of piperidine rings is 1. The largest absolute Gasteiger partial charge is 0.339 e. The molecule has 0 radical (unpaired) electrons. The Morgan fingerprint density at radius 1 is 1.11 bits per heavy atom. The molecule has 6 heteroatoms. The van der Waals surface area contributed by atoms with Crippen molar-refractivity contribution in [1.29, 1.82) is 0 Å². The first-order chi connectivity index (χ1) is 13.3. The number of carbonyl (C=O) groups is 1. The Balaban J connectivity index is 1.71. The van der Waals surface area contributed by atoms with Gasteiger partial charge in [0, 0.05) is 18.5 Å². The number of nitrogens with zero attached hydrogens (tertiary/aromatic N) is 3. The van der Waals surface area contributed by atoms with Crippen molar-refractivity contribution in [2.45, 2.75) is 70.3 Å². The van der Waals surface area contributed by atoms with Crippen LogP contribution < -0.4 is 0 Å². The first kappa shape index (κ1) is 18.6. The minimum atomic E-state index is -0.591. The van der Waals surface area contributed by atoms with Gasteiger partial charge in [-0.05, 0) is 56.6 Å². The molecule has 3 unspecified atom stereocenters. The van der Waals surface area contributed by atoms with Gasteiger partial charge in [0.25, 0.3) is 0 Å². The lowest BCUT2D eigenvalue weighted by atomic mass is 9.67. The molecule has 2 aromatic rings. The minimum absolute atomic E-state index is 0.200. The standard InChI is InChI=1S/C22H25Cl2N3O/c1-12-6-4-5-9-27(12)20(28)22-8-7-13(21(22,2)3)18-19(22)26-17-11-15(24)14(23)10-16(17)25-18/h10-13H,4-9H2,1-3H3. The highest BCUT2D eigenvalue weighted by molar-refractivity contribution is 6.42. The summed E-state index contributed by atoms with van der Waals surface area (Å²) in [5.74, 6) is 0.498. The van der Waals surface area contributed by atoms with Crippen molar-refractivity contribution in [3.63, 3.8) is 0 Å². The van der Waals surface area contributed by atoms with Gasteiger partial charge in [-0.3, -0.25) is 4.79 Å². The van der Waals surface area contributed by atoms with Crippen LogP contribution in [0.4, 0.5) is 0 Å². The Hall–Kier alpha value is -1.39. The monoisotopic (exact) mass is 417 g/mol. The van der Waals surface area contributed by atoms with E-state index in [0.717, 1.165) is 54.6 Å². The molecule has 3 atom stereocenters. The lowest BCUT2D eigenvalue weighted by molar-refractivity contribution is -0.144. The van der Waals surface area contributed by atoms with Crippen LogP contribution in [-0.2, 0) is 10.2 Å². The molecule has 3 aliphatic rings. The van der Waals surface area contributed by atoms with Crippen LogP contribution in [-0.4, -0.2) is 33.4 Å². The van der Waals surface area contributed by atoms with Gasteiger partial charge in [0.05, 0.1) is 37.9 Å². The maximum atomic E-state index is 14.0. The Morgan fingerprint density at radius 3 is 2.46 bits per heavy atom. The summed E-state index contributed by atoms with van der Waals surface area (Å²) in [6.07, 6.45) is 5.19. The number of carbonyl (C=O) groups excluding carboxylic acids is 1. The molecule has 148 valence electrons. The number of hydrogen-bond acceptors (Lipinski definition) is 3. The summed E-state index contributed by atoms with van der Waals surface area (Å²) >= 11 is 12.4. The van der Waals surface area contributed by atoms with Crippen molar-refractivity contribution in [3.8, 4) is 0 Å². The summed E-state index contributed by atoms with van der Waals surface area (Å²) in [5, 5.41) is 0.953. The van der Waals surface area contributed by atoms with E-state index in [4.69, 9.17) is 33.2 Å². The third-order valence-electron chi connectivity index (χ3n) is 7.68. The van der Waals surface area contributed by atoms with Gasteiger partial charge in [-0.1, -0.05) is 37.0 Å². The van der Waals surface area contributed by atoms with Crippen molar-refractivity contribution >= 4 is 40.1 Å². The summed E-state index contributed by atoms with van der Waals surface area (Å²) < 4.78 is 0. The van der Waals surface area contributed by atoms with E-state index in [0.29, 0.717) is 10.0 Å². The van der Waals surface area contributed by atoms with Crippen molar-refractivity contribution in [1.82, 2.24) is 14.9 Å². The topological polar surface area (TPSA) is 46.1 Å². The molecular weight excluding hydrogens is 393 g/mol. The van der Waals surface area contributed by atoms with Gasteiger partial charge in [-0.2, -0.15) is 0 Å². The highest BCUT2D eigenvalue weighted by Gasteiger charge is 2.68. The van der Waals surface area contributed by atoms with E-state index >= 15 is 0 Å². The Morgan fingerprint density at radius 2 is 1.79 bits per heavy atom. The van der Waals surface area contributed by atoms with Gasteiger partial charge in [-0.25, -0.2) is 9.97 Å². The molecule has 1 amide bonds. The van der Waals surface area contributed by atoms with Gasteiger partial charge in [-0.15, -0.1) is 0 Å². The zero-order chi connectivity index (χ0) is 19.8. The fourth-order valence-corrected chi connectivity index (χ4v) is 6.31. The Labute approximate surface area is 175 Å². The number of fused-ring (bicyclic) bond motifs is 6. The highest BCUT2D eigenvalue weighted by Crippen LogP contribution is 2.67. The summed E-state index contributed by atoms with van der Waals surface area (Å²) in [6.45, 7) is 7.48. The van der Waals surface area contributed by atoms with E-state index in [2.05, 4.69) is 25.7 Å². The number of benzene rings is 1. The summed E-state index contributed by atoms with van der Waals surface area (Å²) in [6, 6.07) is 3.84. The predicted molar refractivity (Wildman–Crippen MR) is 112 cm³/mol. The molecule has 4 nitrogen and oxygen atoms in total. The van der Waals surface area contributed by atoms with Gasteiger partial charge in [0.1, 0.15) is 0 Å². The summed E-state index contributed by atoms with van der Waals surface area (Å²) in [5.41, 5.74) is 2.55. The molecule has 0 spiro atoms. The number of rotatable bonds is 1. The van der Waals surface area contributed by atoms with Crippen LogP contribution in [0.5, 0.6) is 0 Å². The lowest BCUT2D eigenvalue weighted by Crippen LogP contribution is -2.55. The molecule has 2 fully saturated rings. The first-order valence-corrected chi connectivity index (χ1v) is 11.0. The van der Waals surface area contributed by atoms with Gasteiger partial charge in [0.15, 0.2) is 0 Å². The maximum Gasteiger partial charge on any atom is 0.235 e. The molecular formula is C22H25Cl2N3O. The van der Waals surface area contributed by atoms with Crippen molar-refractivity contribution in [2.24, 2.45) is 5.41 Å². The Kier molecular flexibility index (Phi) is 4.03. The first-order valence-electron chi connectivity index (χ1n) is 10.3. The molecule has 28 heavy (non-hydrogen) atoms.